The second-order valence-electron chi connectivity index (χ2n) is 11.3. The number of anilines is 1. The lowest BCUT2D eigenvalue weighted by molar-refractivity contribution is -0.120. The first-order valence-electron chi connectivity index (χ1n) is 13.2. The summed E-state index contributed by atoms with van der Waals surface area (Å²) in [7, 11) is 0. The first kappa shape index (κ1) is 25.7. The van der Waals surface area contributed by atoms with Gasteiger partial charge in [0.2, 0.25) is 5.91 Å². The molecule has 2 amide bonds. The monoisotopic (exact) mass is 547 g/mol. The molecule has 2 aliphatic heterocycles. The number of carbonyl (C=O) groups is 2. The van der Waals surface area contributed by atoms with Crippen molar-refractivity contribution in [3.63, 3.8) is 0 Å². The van der Waals surface area contributed by atoms with Gasteiger partial charge in [-0.05, 0) is 44.3 Å². The number of pyridine rings is 1. The van der Waals surface area contributed by atoms with E-state index < -0.39 is 5.91 Å². The quantitative estimate of drug-likeness (QED) is 0.324. The predicted molar refractivity (Wildman–Crippen MR) is 151 cm³/mol. The Morgan fingerprint density at radius 1 is 1.18 bits per heavy atom. The van der Waals surface area contributed by atoms with Crippen molar-refractivity contribution < 1.29 is 9.59 Å². The van der Waals surface area contributed by atoms with Gasteiger partial charge in [0, 0.05) is 36.1 Å². The van der Waals surface area contributed by atoms with Gasteiger partial charge < -0.3 is 16.4 Å². The molecule has 0 spiro atoms. The minimum atomic E-state index is -0.528. The van der Waals surface area contributed by atoms with Crippen LogP contribution < -0.4 is 16.4 Å². The molecule has 6 rings (SSSR count). The molecule has 0 radical (unpaired) electrons. The third-order valence-corrected chi connectivity index (χ3v) is 8.68. The second kappa shape index (κ2) is 9.85. The van der Waals surface area contributed by atoms with E-state index in [2.05, 4.69) is 45.7 Å². The van der Waals surface area contributed by atoms with E-state index in [9.17, 15) is 9.59 Å². The highest BCUT2D eigenvalue weighted by molar-refractivity contribution is 7.21. The lowest BCUT2D eigenvalue weighted by Crippen LogP contribution is -2.54. The van der Waals surface area contributed by atoms with Crippen molar-refractivity contribution in [2.24, 2.45) is 11.1 Å². The summed E-state index contributed by atoms with van der Waals surface area (Å²) in [5, 5.41) is 15.6. The third-order valence-electron chi connectivity index (χ3n) is 7.46. The maximum absolute atomic E-state index is 12.8. The number of likely N-dealkylation sites (tertiary alicyclic amines) is 1. The third kappa shape index (κ3) is 4.95. The van der Waals surface area contributed by atoms with Gasteiger partial charge in [-0.15, -0.1) is 11.3 Å². The molecule has 2 saturated heterocycles. The van der Waals surface area contributed by atoms with E-state index in [-0.39, 0.29) is 11.3 Å². The number of nitrogens with zero attached hydrogens (tertiary/aromatic N) is 6. The minimum Gasteiger partial charge on any atom is -0.365 e. The Bertz CT molecular complexity index is 1550. The number of rotatable bonds is 7. The largest absolute Gasteiger partial charge is 0.365 e. The molecule has 4 aromatic heterocycles. The van der Waals surface area contributed by atoms with Crippen LogP contribution in [0, 0.1) is 12.3 Å². The van der Waals surface area contributed by atoms with Crippen LogP contribution in [0.4, 0.5) is 5.69 Å². The average Bonchev–Trinajstić information content (AvgIpc) is 3.60. The number of piperidine rings is 1. The molecule has 2 aliphatic rings. The van der Waals surface area contributed by atoms with Crippen LogP contribution in [0.3, 0.4) is 0 Å². The van der Waals surface area contributed by atoms with Crippen LogP contribution in [0.2, 0.25) is 0 Å². The summed E-state index contributed by atoms with van der Waals surface area (Å²) in [4.78, 5) is 33.3. The number of aromatic nitrogens is 5. The van der Waals surface area contributed by atoms with Gasteiger partial charge in [-0.3, -0.25) is 24.2 Å². The van der Waals surface area contributed by atoms with Crippen LogP contribution in [0.1, 0.15) is 48.8 Å². The summed E-state index contributed by atoms with van der Waals surface area (Å²) in [5.41, 5.74) is 10.2. The Morgan fingerprint density at radius 2 is 1.95 bits per heavy atom. The topological polar surface area (TPSA) is 135 Å². The zero-order valence-corrected chi connectivity index (χ0v) is 23.2. The number of carbonyl (C=O) groups excluding carboxylic acids is 2. The molecule has 11 nitrogen and oxygen atoms in total. The summed E-state index contributed by atoms with van der Waals surface area (Å²) < 4.78 is 3.79. The van der Waals surface area contributed by atoms with Gasteiger partial charge in [-0.2, -0.15) is 10.2 Å². The predicted octanol–water partition coefficient (Wildman–Crippen LogP) is 2.93. The molecule has 6 heterocycles. The van der Waals surface area contributed by atoms with Crippen molar-refractivity contribution in [2.75, 3.05) is 38.0 Å². The zero-order valence-electron chi connectivity index (χ0n) is 22.4. The van der Waals surface area contributed by atoms with E-state index in [0.29, 0.717) is 28.7 Å². The Balaban J connectivity index is 1.37. The van der Waals surface area contributed by atoms with Crippen LogP contribution in [0.25, 0.3) is 26.5 Å². The molecule has 0 bridgehead atoms. The van der Waals surface area contributed by atoms with E-state index >= 15 is 0 Å². The van der Waals surface area contributed by atoms with E-state index in [1.807, 2.05) is 23.9 Å². The van der Waals surface area contributed by atoms with Gasteiger partial charge in [0.25, 0.3) is 5.91 Å². The van der Waals surface area contributed by atoms with Gasteiger partial charge in [0.05, 0.1) is 53.0 Å². The molecule has 0 atom stereocenters. The molecule has 0 aliphatic carbocycles. The van der Waals surface area contributed by atoms with Crippen molar-refractivity contribution in [1.82, 2.24) is 34.6 Å². The van der Waals surface area contributed by atoms with E-state index in [1.54, 1.807) is 10.7 Å². The van der Waals surface area contributed by atoms with Gasteiger partial charge >= 0.3 is 0 Å². The lowest BCUT2D eigenvalue weighted by Gasteiger charge is -2.45. The molecule has 39 heavy (non-hydrogen) atoms. The summed E-state index contributed by atoms with van der Waals surface area (Å²) in [5.74, 6) is -0.601. The number of hydrogen-bond acceptors (Lipinski definition) is 8. The molecule has 2 fully saturated rings. The fourth-order valence-corrected chi connectivity index (χ4v) is 6.88. The van der Waals surface area contributed by atoms with Crippen molar-refractivity contribution in [2.45, 2.75) is 39.7 Å². The fourth-order valence-electron chi connectivity index (χ4n) is 5.68. The number of nitrogens with two attached hydrogens (primary N) is 1. The Morgan fingerprint density at radius 3 is 2.67 bits per heavy atom. The second-order valence-corrected chi connectivity index (χ2v) is 12.3. The molecule has 4 aromatic rings. The van der Waals surface area contributed by atoms with Crippen molar-refractivity contribution >= 4 is 33.7 Å². The molecule has 204 valence electrons. The van der Waals surface area contributed by atoms with E-state index in [4.69, 9.17) is 10.8 Å². The number of primary amides is 1. The first-order valence-corrected chi connectivity index (χ1v) is 14.0. The summed E-state index contributed by atoms with van der Waals surface area (Å²) in [6.07, 6.45) is 9.15. The molecule has 4 N–H and O–H groups in total. The first-order chi connectivity index (χ1) is 18.7. The van der Waals surface area contributed by atoms with Crippen LogP contribution in [-0.4, -0.2) is 73.8 Å². The highest BCUT2D eigenvalue weighted by Crippen LogP contribution is 2.42. The van der Waals surface area contributed by atoms with Crippen molar-refractivity contribution in [1.29, 1.82) is 0 Å². The number of fused-ring (bicyclic) bond motifs is 1. The van der Waals surface area contributed by atoms with Crippen molar-refractivity contribution in [3.05, 3.63) is 42.1 Å². The minimum absolute atomic E-state index is 0.0730. The maximum Gasteiger partial charge on any atom is 0.253 e. The number of aryl methyl sites for hydroxylation is 1. The number of nitrogens with one attached hydrogen (secondary N) is 2. The highest BCUT2D eigenvalue weighted by atomic mass is 32.1. The lowest BCUT2D eigenvalue weighted by atomic mass is 9.84. The van der Waals surface area contributed by atoms with Crippen LogP contribution in [0.15, 0.2) is 30.9 Å². The van der Waals surface area contributed by atoms with Gasteiger partial charge in [-0.1, -0.05) is 13.8 Å². The smallest absolute Gasteiger partial charge is 0.253 e. The van der Waals surface area contributed by atoms with Gasteiger partial charge in [0.15, 0.2) is 0 Å². The van der Waals surface area contributed by atoms with Gasteiger partial charge in [-0.25, -0.2) is 4.52 Å². The normalized spacial score (nSPS) is 17.8. The Labute approximate surface area is 230 Å². The van der Waals surface area contributed by atoms with Crippen molar-refractivity contribution in [3.8, 4) is 21.7 Å². The molecular weight excluding hydrogens is 514 g/mol. The SMILES string of the molecule is Cc1ncc(NC(=O)CN2CC(C)(C)C2)cc1-c1c(-c2cnn(C3CCNCC3)c2)sc2c(C(N)=O)cnn12. The van der Waals surface area contributed by atoms with E-state index in [0.717, 1.165) is 66.4 Å². The van der Waals surface area contributed by atoms with Crippen LogP contribution in [-0.2, 0) is 4.79 Å². The van der Waals surface area contributed by atoms with Crippen LogP contribution >= 0.6 is 11.3 Å². The molecule has 0 unspecified atom stereocenters. The molecular formula is C27H33N9O2S. The Kier molecular flexibility index (Phi) is 6.48. The summed E-state index contributed by atoms with van der Waals surface area (Å²) in [6, 6.07) is 2.27. The maximum atomic E-state index is 12.8. The number of hydrogen-bond donors (Lipinski definition) is 3. The number of amides is 2. The van der Waals surface area contributed by atoms with Crippen LogP contribution in [0.5, 0.6) is 0 Å². The summed E-state index contributed by atoms with van der Waals surface area (Å²) in [6.45, 7) is 10.4. The standard InChI is InChI=1S/C27H33N9O2S/c1-16-20(8-18(10-30-16)33-22(37)13-34-14-27(2,3)15-34)23-24(39-26-21(25(28)38)11-32-36(23)26)17-9-31-35(12-17)19-4-6-29-7-5-19/h8-12,19,29H,4-7,13-15H2,1-3H3,(H2,28,38)(H,33,37). The zero-order chi connectivity index (χ0) is 27.3. The molecule has 12 heteroatoms. The fraction of sp³-hybridized carbons (Fsp3) is 0.444. The average molecular weight is 548 g/mol. The molecule has 0 saturated carbocycles. The summed E-state index contributed by atoms with van der Waals surface area (Å²) >= 11 is 1.45. The van der Waals surface area contributed by atoms with Gasteiger partial charge in [0.1, 0.15) is 4.83 Å². The number of thiazole rings is 1. The van der Waals surface area contributed by atoms with E-state index in [1.165, 1.54) is 17.5 Å². The highest BCUT2D eigenvalue weighted by Gasteiger charge is 2.35. The molecule has 0 aromatic carbocycles. The Hall–Kier alpha value is -3.61.